The van der Waals surface area contributed by atoms with Gasteiger partial charge in [0.2, 0.25) is 0 Å². The van der Waals surface area contributed by atoms with Crippen LogP contribution in [0.2, 0.25) is 0 Å². The highest BCUT2D eigenvalue weighted by Gasteiger charge is 2.33. The fraction of sp³-hybridized carbons (Fsp3) is 1.00. The molecule has 1 saturated heterocycles. The van der Waals surface area contributed by atoms with Gasteiger partial charge in [-0.25, -0.2) is 0 Å². The Morgan fingerprint density at radius 1 is 1.05 bits per heavy atom. The second kappa shape index (κ2) is 8.50. The van der Waals surface area contributed by atoms with E-state index >= 15 is 0 Å². The maximum Gasteiger partial charge on any atom is 0.0730 e. The number of rotatable bonds is 7. The standard InChI is InChI=1S/C18H36N2O/c1-18(2,3)19-12-8-4-5-9-13-20-14-15-21-17-11-7-6-10-16(17)20/h16-17,19H,4-15H2,1-3H3. The molecule has 0 aromatic rings. The Kier molecular flexibility index (Phi) is 6.97. The van der Waals surface area contributed by atoms with Gasteiger partial charge in [-0.1, -0.05) is 25.7 Å². The van der Waals surface area contributed by atoms with Crippen molar-refractivity contribution in [2.45, 2.75) is 89.8 Å². The van der Waals surface area contributed by atoms with Crippen LogP contribution in [0.5, 0.6) is 0 Å². The third-order valence-corrected chi connectivity index (χ3v) is 4.87. The van der Waals surface area contributed by atoms with Gasteiger partial charge >= 0.3 is 0 Å². The summed E-state index contributed by atoms with van der Waals surface area (Å²) >= 11 is 0. The molecule has 124 valence electrons. The van der Waals surface area contributed by atoms with Crippen LogP contribution in [0.25, 0.3) is 0 Å². The van der Waals surface area contributed by atoms with Gasteiger partial charge in [0.1, 0.15) is 0 Å². The molecule has 0 radical (unpaired) electrons. The third-order valence-electron chi connectivity index (χ3n) is 4.87. The Morgan fingerprint density at radius 3 is 2.62 bits per heavy atom. The number of ether oxygens (including phenoxy) is 1. The predicted octanol–water partition coefficient (Wildman–Crippen LogP) is 3.58. The van der Waals surface area contributed by atoms with E-state index in [-0.39, 0.29) is 5.54 Å². The molecule has 2 fully saturated rings. The molecule has 1 aliphatic carbocycles. The molecule has 1 saturated carbocycles. The fourth-order valence-corrected chi connectivity index (χ4v) is 3.71. The molecule has 21 heavy (non-hydrogen) atoms. The van der Waals surface area contributed by atoms with Crippen LogP contribution in [0, 0.1) is 0 Å². The highest BCUT2D eigenvalue weighted by molar-refractivity contribution is 4.87. The van der Waals surface area contributed by atoms with Gasteiger partial charge in [0, 0.05) is 18.1 Å². The first kappa shape index (κ1) is 17.2. The van der Waals surface area contributed by atoms with Crippen molar-refractivity contribution in [1.29, 1.82) is 0 Å². The first-order valence-electron chi connectivity index (χ1n) is 9.17. The van der Waals surface area contributed by atoms with Gasteiger partial charge in [-0.05, 0) is 59.5 Å². The van der Waals surface area contributed by atoms with Crippen LogP contribution in [0.4, 0.5) is 0 Å². The molecule has 1 heterocycles. The van der Waals surface area contributed by atoms with Gasteiger partial charge in [-0.3, -0.25) is 4.90 Å². The van der Waals surface area contributed by atoms with E-state index in [0.29, 0.717) is 6.10 Å². The molecule has 2 rings (SSSR count). The van der Waals surface area contributed by atoms with E-state index in [0.717, 1.165) is 25.7 Å². The van der Waals surface area contributed by atoms with E-state index in [1.807, 2.05) is 0 Å². The first-order chi connectivity index (χ1) is 10.1. The molecule has 3 nitrogen and oxygen atoms in total. The van der Waals surface area contributed by atoms with Crippen molar-refractivity contribution >= 4 is 0 Å². The van der Waals surface area contributed by atoms with E-state index in [4.69, 9.17) is 4.74 Å². The van der Waals surface area contributed by atoms with E-state index in [2.05, 4.69) is 31.0 Å². The molecular weight excluding hydrogens is 260 g/mol. The smallest absolute Gasteiger partial charge is 0.0730 e. The quantitative estimate of drug-likeness (QED) is 0.727. The zero-order valence-corrected chi connectivity index (χ0v) is 14.5. The topological polar surface area (TPSA) is 24.5 Å². The molecule has 0 aromatic carbocycles. The number of hydrogen-bond acceptors (Lipinski definition) is 3. The minimum Gasteiger partial charge on any atom is -0.375 e. The summed E-state index contributed by atoms with van der Waals surface area (Å²) in [5.41, 5.74) is 0.268. The summed E-state index contributed by atoms with van der Waals surface area (Å²) in [5, 5.41) is 3.57. The van der Waals surface area contributed by atoms with Gasteiger partial charge in [-0.15, -0.1) is 0 Å². The molecule has 0 amide bonds. The molecule has 1 aliphatic heterocycles. The van der Waals surface area contributed by atoms with Gasteiger partial charge in [-0.2, -0.15) is 0 Å². The van der Waals surface area contributed by atoms with Crippen molar-refractivity contribution in [1.82, 2.24) is 10.2 Å². The highest BCUT2D eigenvalue weighted by Crippen LogP contribution is 2.28. The second-order valence-electron chi connectivity index (χ2n) is 7.89. The monoisotopic (exact) mass is 296 g/mol. The first-order valence-corrected chi connectivity index (χ1v) is 9.17. The summed E-state index contributed by atoms with van der Waals surface area (Å²) < 4.78 is 5.95. The van der Waals surface area contributed by atoms with Crippen LogP contribution >= 0.6 is 0 Å². The van der Waals surface area contributed by atoms with Crippen molar-refractivity contribution in [2.24, 2.45) is 0 Å². The number of nitrogens with zero attached hydrogens (tertiary/aromatic N) is 1. The predicted molar refractivity (Wildman–Crippen MR) is 89.8 cm³/mol. The Balaban J connectivity index is 1.54. The minimum absolute atomic E-state index is 0.268. The largest absolute Gasteiger partial charge is 0.375 e. The number of morpholine rings is 1. The van der Waals surface area contributed by atoms with Crippen molar-refractivity contribution in [3.8, 4) is 0 Å². The lowest BCUT2D eigenvalue weighted by atomic mass is 9.90. The van der Waals surface area contributed by atoms with Gasteiger partial charge in [0.15, 0.2) is 0 Å². The summed E-state index contributed by atoms with van der Waals surface area (Å²) in [6.07, 6.45) is 11.4. The maximum absolute atomic E-state index is 5.95. The average Bonchev–Trinajstić information content (AvgIpc) is 2.45. The zero-order valence-electron chi connectivity index (χ0n) is 14.5. The molecule has 1 N–H and O–H groups in total. The van der Waals surface area contributed by atoms with Crippen molar-refractivity contribution in [3.63, 3.8) is 0 Å². The van der Waals surface area contributed by atoms with Crippen LogP contribution < -0.4 is 5.32 Å². The summed E-state index contributed by atoms with van der Waals surface area (Å²) in [7, 11) is 0. The maximum atomic E-state index is 5.95. The summed E-state index contributed by atoms with van der Waals surface area (Å²) in [6.45, 7) is 11.3. The van der Waals surface area contributed by atoms with Gasteiger partial charge in [0.25, 0.3) is 0 Å². The Morgan fingerprint density at radius 2 is 1.81 bits per heavy atom. The molecular formula is C18H36N2O. The summed E-state index contributed by atoms with van der Waals surface area (Å²) in [4.78, 5) is 2.72. The number of unbranched alkanes of at least 4 members (excludes halogenated alkanes) is 3. The second-order valence-corrected chi connectivity index (χ2v) is 7.89. The van der Waals surface area contributed by atoms with Crippen LogP contribution in [0.3, 0.4) is 0 Å². The highest BCUT2D eigenvalue weighted by atomic mass is 16.5. The molecule has 2 aliphatic rings. The Bertz CT molecular complexity index is 285. The fourth-order valence-electron chi connectivity index (χ4n) is 3.71. The lowest BCUT2D eigenvalue weighted by Gasteiger charge is -2.44. The lowest BCUT2D eigenvalue weighted by molar-refractivity contribution is -0.0882. The van der Waals surface area contributed by atoms with Gasteiger partial charge in [0.05, 0.1) is 12.7 Å². The lowest BCUT2D eigenvalue weighted by Crippen LogP contribution is -2.52. The van der Waals surface area contributed by atoms with Gasteiger partial charge < -0.3 is 10.1 Å². The van der Waals surface area contributed by atoms with Crippen LogP contribution in [0.15, 0.2) is 0 Å². The zero-order chi connectivity index (χ0) is 15.1. The summed E-state index contributed by atoms with van der Waals surface area (Å²) in [5.74, 6) is 0. The van der Waals surface area contributed by atoms with Crippen LogP contribution in [-0.4, -0.2) is 48.8 Å². The Labute approximate surface area is 131 Å². The molecule has 2 atom stereocenters. The van der Waals surface area contributed by atoms with Crippen molar-refractivity contribution in [3.05, 3.63) is 0 Å². The van der Waals surface area contributed by atoms with E-state index in [9.17, 15) is 0 Å². The number of fused-ring (bicyclic) bond motifs is 1. The molecule has 0 spiro atoms. The van der Waals surface area contributed by atoms with E-state index < -0.39 is 0 Å². The Hall–Kier alpha value is -0.120. The third kappa shape index (κ3) is 6.25. The normalized spacial score (nSPS) is 27.6. The SMILES string of the molecule is CC(C)(C)NCCCCCCN1CCOC2CCCCC21. The van der Waals surface area contributed by atoms with Crippen molar-refractivity contribution in [2.75, 3.05) is 26.2 Å². The van der Waals surface area contributed by atoms with E-state index in [1.165, 1.54) is 57.9 Å². The molecule has 3 heteroatoms. The molecule has 0 bridgehead atoms. The average molecular weight is 296 g/mol. The van der Waals surface area contributed by atoms with Crippen molar-refractivity contribution < 1.29 is 4.74 Å². The molecule has 2 unspecified atom stereocenters. The number of hydrogen-bond donors (Lipinski definition) is 1. The van der Waals surface area contributed by atoms with Crippen LogP contribution in [0.1, 0.15) is 72.1 Å². The summed E-state index contributed by atoms with van der Waals surface area (Å²) in [6, 6.07) is 0.732. The van der Waals surface area contributed by atoms with E-state index in [1.54, 1.807) is 0 Å². The van der Waals surface area contributed by atoms with Crippen LogP contribution in [-0.2, 0) is 4.74 Å². The number of nitrogens with one attached hydrogen (secondary N) is 1. The molecule has 0 aromatic heterocycles. The minimum atomic E-state index is 0.268.